The maximum absolute atomic E-state index is 12.0. The van der Waals surface area contributed by atoms with Crippen molar-refractivity contribution in [3.8, 4) is 0 Å². The lowest BCUT2D eigenvalue weighted by molar-refractivity contribution is -0.698. The van der Waals surface area contributed by atoms with Gasteiger partial charge in [0.25, 0.3) is 11.8 Å². The fraction of sp³-hybridized carbons (Fsp3) is 0.538. The van der Waals surface area contributed by atoms with E-state index in [1.165, 1.54) is 12.8 Å². The monoisotopic (exact) mass is 598 g/mol. The van der Waals surface area contributed by atoms with E-state index in [4.69, 9.17) is 0 Å². The molecule has 0 aromatic carbocycles. The van der Waals surface area contributed by atoms with Gasteiger partial charge in [-0.2, -0.15) is 0 Å². The van der Waals surface area contributed by atoms with Crippen LogP contribution in [0.1, 0.15) is 85.9 Å². The van der Waals surface area contributed by atoms with E-state index >= 15 is 0 Å². The van der Waals surface area contributed by atoms with Gasteiger partial charge in [0.05, 0.1) is 11.1 Å². The molecule has 6 nitrogen and oxygen atoms in total. The Labute approximate surface area is 226 Å². The van der Waals surface area contributed by atoms with Crippen LogP contribution in [0, 0.1) is 0 Å². The first-order valence-electron chi connectivity index (χ1n) is 12.2. The Bertz CT molecular complexity index is 745. The Morgan fingerprint density at radius 1 is 0.618 bits per heavy atom. The number of nitrogens with one attached hydrogen (secondary N) is 2. The third-order valence-corrected chi connectivity index (χ3v) is 5.52. The molecule has 8 heteroatoms. The van der Waals surface area contributed by atoms with Crippen LogP contribution in [0.15, 0.2) is 49.1 Å². The van der Waals surface area contributed by atoms with Gasteiger partial charge in [-0.25, -0.2) is 9.13 Å². The summed E-state index contributed by atoms with van der Waals surface area (Å²) in [6.45, 7) is 7.64. The molecule has 0 saturated heterocycles. The highest BCUT2D eigenvalue weighted by atomic mass is 79.9. The average molecular weight is 600 g/mol. The number of unbranched alkanes of at least 4 members (excludes halogenated alkanes) is 5. The lowest BCUT2D eigenvalue weighted by Crippen LogP contribution is -3.00. The maximum Gasteiger partial charge on any atom is 0.251 e. The van der Waals surface area contributed by atoms with E-state index in [-0.39, 0.29) is 45.8 Å². The highest BCUT2D eigenvalue weighted by Crippen LogP contribution is 2.02. The number of rotatable bonds is 15. The number of halogens is 2. The summed E-state index contributed by atoms with van der Waals surface area (Å²) in [6.07, 6.45) is 16.7. The van der Waals surface area contributed by atoms with Crippen molar-refractivity contribution < 1.29 is 52.7 Å². The molecule has 190 valence electrons. The largest absolute Gasteiger partial charge is 1.00 e. The highest BCUT2D eigenvalue weighted by molar-refractivity contribution is 5.94. The topological polar surface area (TPSA) is 66.0 Å². The van der Waals surface area contributed by atoms with Crippen LogP contribution < -0.4 is 53.7 Å². The third kappa shape index (κ3) is 12.6. The van der Waals surface area contributed by atoms with Crippen molar-refractivity contribution in [3.63, 3.8) is 0 Å². The molecule has 0 spiro atoms. The van der Waals surface area contributed by atoms with E-state index in [1.54, 1.807) is 0 Å². The summed E-state index contributed by atoms with van der Waals surface area (Å²) in [5.74, 6) is 0.0153. The van der Waals surface area contributed by atoms with Crippen LogP contribution in [0.3, 0.4) is 0 Å². The number of hydrogen-bond donors (Lipinski definition) is 2. The number of aryl methyl sites for hydroxylation is 2. The molecular formula is C26H40Br2N4O2. The zero-order valence-corrected chi connectivity index (χ0v) is 23.7. The maximum atomic E-state index is 12.0. The molecule has 2 aromatic rings. The Balaban J connectivity index is 0.00000544. The summed E-state index contributed by atoms with van der Waals surface area (Å²) >= 11 is 0. The van der Waals surface area contributed by atoms with E-state index in [0.29, 0.717) is 0 Å². The quantitative estimate of drug-likeness (QED) is 0.177. The molecule has 2 amide bonds. The van der Waals surface area contributed by atoms with Gasteiger partial charge in [-0.05, 0) is 25.7 Å². The minimum Gasteiger partial charge on any atom is -1.00 e. The van der Waals surface area contributed by atoms with Crippen molar-refractivity contribution in [1.82, 2.24) is 10.6 Å². The van der Waals surface area contributed by atoms with Gasteiger partial charge in [-0.1, -0.05) is 26.7 Å². The van der Waals surface area contributed by atoms with Crippen molar-refractivity contribution in [2.45, 2.75) is 78.3 Å². The number of pyridine rings is 2. The molecule has 0 aliphatic carbocycles. The van der Waals surface area contributed by atoms with Crippen molar-refractivity contribution in [1.29, 1.82) is 0 Å². The second kappa shape index (κ2) is 19.5. The van der Waals surface area contributed by atoms with Crippen LogP contribution in [0.2, 0.25) is 0 Å². The van der Waals surface area contributed by atoms with Crippen LogP contribution >= 0.6 is 0 Å². The summed E-state index contributed by atoms with van der Waals surface area (Å²) < 4.78 is 4.28. The molecule has 0 fully saturated rings. The van der Waals surface area contributed by atoms with Crippen LogP contribution in [0.5, 0.6) is 0 Å². The fourth-order valence-corrected chi connectivity index (χ4v) is 3.42. The van der Waals surface area contributed by atoms with Crippen LogP contribution in [0.4, 0.5) is 0 Å². The molecule has 0 aliphatic rings. The molecule has 0 radical (unpaired) electrons. The molecule has 2 N–H and O–H groups in total. The van der Waals surface area contributed by atoms with E-state index in [2.05, 4.69) is 33.6 Å². The van der Waals surface area contributed by atoms with E-state index in [0.717, 1.165) is 75.8 Å². The second-order valence-corrected chi connectivity index (χ2v) is 8.28. The lowest BCUT2D eigenvalue weighted by Gasteiger charge is -2.04. The van der Waals surface area contributed by atoms with Gasteiger partial charge in [0.15, 0.2) is 24.8 Å². The first-order valence-corrected chi connectivity index (χ1v) is 12.2. The molecule has 0 unspecified atom stereocenters. The van der Waals surface area contributed by atoms with E-state index in [9.17, 15) is 9.59 Å². The first-order chi connectivity index (χ1) is 15.6. The highest BCUT2D eigenvalue weighted by Gasteiger charge is 2.09. The molecule has 0 atom stereocenters. The Kier molecular flexibility index (Phi) is 18.5. The molecule has 2 heterocycles. The summed E-state index contributed by atoms with van der Waals surface area (Å²) in [5, 5.41) is 5.90. The van der Waals surface area contributed by atoms with Crippen molar-refractivity contribution in [3.05, 3.63) is 60.2 Å². The van der Waals surface area contributed by atoms with Gasteiger partial charge in [0.2, 0.25) is 0 Å². The summed E-state index contributed by atoms with van der Waals surface area (Å²) in [6, 6.07) is 7.58. The number of hydrogen-bond acceptors (Lipinski definition) is 2. The van der Waals surface area contributed by atoms with Crippen molar-refractivity contribution >= 4 is 11.8 Å². The molecule has 2 rings (SSSR count). The SMILES string of the molecule is CCCCNC(=O)c1cc[n+](CCCCCC[n+]2ccc(C(=O)NCCCC)cc2)cc1.[Br-].[Br-]. The second-order valence-electron chi connectivity index (χ2n) is 8.28. The van der Waals surface area contributed by atoms with Crippen molar-refractivity contribution in [2.75, 3.05) is 13.1 Å². The number of carbonyl (C=O) groups is 2. The Morgan fingerprint density at radius 2 is 0.971 bits per heavy atom. The predicted octanol–water partition coefficient (Wildman–Crippen LogP) is -2.41. The summed E-state index contributed by atoms with van der Waals surface area (Å²) in [4.78, 5) is 24.1. The van der Waals surface area contributed by atoms with Crippen LogP contribution in [-0.2, 0) is 13.1 Å². The van der Waals surface area contributed by atoms with Crippen LogP contribution in [0.25, 0.3) is 0 Å². The van der Waals surface area contributed by atoms with Gasteiger partial charge in [-0.3, -0.25) is 9.59 Å². The summed E-state index contributed by atoms with van der Waals surface area (Å²) in [5.41, 5.74) is 1.44. The number of nitrogens with zero attached hydrogens (tertiary/aromatic N) is 2. The van der Waals surface area contributed by atoms with Crippen molar-refractivity contribution in [2.24, 2.45) is 0 Å². The molecule has 0 bridgehead atoms. The van der Waals surface area contributed by atoms with E-state index < -0.39 is 0 Å². The van der Waals surface area contributed by atoms with Gasteiger partial charge >= 0.3 is 0 Å². The zero-order chi connectivity index (χ0) is 23.0. The Hall–Kier alpha value is -1.80. The number of carbonyl (C=O) groups excluding carboxylic acids is 2. The number of aromatic nitrogens is 2. The van der Waals surface area contributed by atoms with Gasteiger partial charge in [0.1, 0.15) is 13.1 Å². The van der Waals surface area contributed by atoms with Gasteiger partial charge < -0.3 is 44.6 Å². The van der Waals surface area contributed by atoms with E-state index in [1.807, 2.05) is 49.1 Å². The number of amides is 2. The Morgan fingerprint density at radius 3 is 1.29 bits per heavy atom. The molecule has 34 heavy (non-hydrogen) atoms. The molecular weight excluding hydrogens is 560 g/mol. The van der Waals surface area contributed by atoms with Gasteiger partial charge in [0, 0.05) is 50.2 Å². The lowest BCUT2D eigenvalue weighted by atomic mass is 10.2. The predicted molar refractivity (Wildman–Crippen MR) is 126 cm³/mol. The fourth-order valence-electron chi connectivity index (χ4n) is 3.42. The summed E-state index contributed by atoms with van der Waals surface area (Å²) in [7, 11) is 0. The smallest absolute Gasteiger partial charge is 0.251 e. The van der Waals surface area contributed by atoms with Crippen LogP contribution in [-0.4, -0.2) is 24.9 Å². The normalized spacial score (nSPS) is 10.1. The van der Waals surface area contributed by atoms with Gasteiger partial charge in [-0.15, -0.1) is 0 Å². The minimum atomic E-state index is 0. The average Bonchev–Trinajstić information content (AvgIpc) is 2.82. The molecule has 0 saturated carbocycles. The molecule has 0 aliphatic heterocycles. The standard InChI is InChI=1S/C26H38N4O2.2BrH/c1-3-5-15-27-25(31)23-11-19-29(20-12-23)17-9-7-8-10-18-30-21-13-24(14-22-30)26(32)28-16-6-4-2;;/h11-14,19-22H,3-10,15-18H2,1-2H3;2*1H. The first kappa shape index (κ1) is 32.2. The zero-order valence-electron chi connectivity index (χ0n) is 20.6. The third-order valence-electron chi connectivity index (χ3n) is 5.52. The molecule has 2 aromatic heterocycles. The minimum absolute atomic E-state index is 0.